The first kappa shape index (κ1) is 21.2. The summed E-state index contributed by atoms with van der Waals surface area (Å²) in [6.45, 7) is 3.20. The van der Waals surface area contributed by atoms with E-state index in [0.29, 0.717) is 24.7 Å². The maximum Gasteiger partial charge on any atom is 0.243 e. The van der Waals surface area contributed by atoms with Gasteiger partial charge in [-0.05, 0) is 49.6 Å². The van der Waals surface area contributed by atoms with Crippen LogP contribution in [0.1, 0.15) is 18.9 Å². The van der Waals surface area contributed by atoms with Gasteiger partial charge in [0.25, 0.3) is 0 Å². The van der Waals surface area contributed by atoms with Gasteiger partial charge < -0.3 is 20.1 Å². The lowest BCUT2D eigenvalue weighted by molar-refractivity contribution is -0.114. The predicted molar refractivity (Wildman–Crippen MR) is 121 cm³/mol. The van der Waals surface area contributed by atoms with Gasteiger partial charge in [0, 0.05) is 0 Å². The Morgan fingerprint density at radius 3 is 2.17 bits per heavy atom. The van der Waals surface area contributed by atoms with E-state index in [4.69, 9.17) is 9.47 Å². The highest BCUT2D eigenvalue weighted by molar-refractivity contribution is 5.95. The van der Waals surface area contributed by atoms with Crippen LogP contribution in [0.4, 0.5) is 11.4 Å². The number of carbonyl (C=O) groups is 1. The van der Waals surface area contributed by atoms with Crippen LogP contribution in [0.3, 0.4) is 0 Å². The van der Waals surface area contributed by atoms with Crippen LogP contribution in [0, 0.1) is 0 Å². The van der Waals surface area contributed by atoms with Gasteiger partial charge in [-0.3, -0.25) is 4.79 Å². The molecule has 0 aromatic heterocycles. The molecule has 0 aliphatic carbocycles. The summed E-state index contributed by atoms with van der Waals surface area (Å²) in [5, 5.41) is 6.05. The molecule has 1 amide bonds. The summed E-state index contributed by atoms with van der Waals surface area (Å²) in [4.78, 5) is 12.4. The van der Waals surface area contributed by atoms with Gasteiger partial charge >= 0.3 is 0 Å². The lowest BCUT2D eigenvalue weighted by atomic mass is 10.1. The molecule has 0 atom stereocenters. The van der Waals surface area contributed by atoms with Crippen molar-refractivity contribution >= 4 is 17.3 Å². The van der Waals surface area contributed by atoms with Crippen LogP contribution in [-0.4, -0.2) is 25.7 Å². The Morgan fingerprint density at radius 1 is 0.800 bits per heavy atom. The number of para-hydroxylation sites is 4. The second-order valence-electron chi connectivity index (χ2n) is 6.76. The van der Waals surface area contributed by atoms with Crippen molar-refractivity contribution in [2.75, 3.05) is 30.4 Å². The first-order valence-corrected chi connectivity index (χ1v) is 10.3. The number of ether oxygens (including phenoxy) is 2. The molecule has 0 aliphatic heterocycles. The van der Waals surface area contributed by atoms with Gasteiger partial charge in [0.05, 0.1) is 31.1 Å². The number of rotatable bonds is 11. The van der Waals surface area contributed by atoms with E-state index in [0.717, 1.165) is 24.3 Å². The second kappa shape index (κ2) is 11.5. The summed E-state index contributed by atoms with van der Waals surface area (Å²) in [5.74, 6) is 1.25. The Labute approximate surface area is 178 Å². The van der Waals surface area contributed by atoms with E-state index in [-0.39, 0.29) is 12.5 Å². The second-order valence-corrected chi connectivity index (χ2v) is 6.76. The van der Waals surface area contributed by atoms with Crippen LogP contribution in [0.15, 0.2) is 78.9 Å². The molecule has 30 heavy (non-hydrogen) atoms. The molecule has 0 saturated carbocycles. The molecule has 5 heteroatoms. The van der Waals surface area contributed by atoms with E-state index < -0.39 is 0 Å². The van der Waals surface area contributed by atoms with Gasteiger partial charge in [0.1, 0.15) is 11.5 Å². The maximum atomic E-state index is 12.4. The molecule has 156 valence electrons. The van der Waals surface area contributed by atoms with Crippen molar-refractivity contribution in [2.45, 2.75) is 19.8 Å². The average Bonchev–Trinajstić information content (AvgIpc) is 2.78. The Hall–Kier alpha value is -3.47. The molecule has 0 fully saturated rings. The van der Waals surface area contributed by atoms with E-state index in [9.17, 15) is 4.79 Å². The van der Waals surface area contributed by atoms with Gasteiger partial charge in [-0.1, -0.05) is 54.6 Å². The van der Waals surface area contributed by atoms with Crippen molar-refractivity contribution in [1.29, 1.82) is 0 Å². The molecular weight excluding hydrogens is 376 g/mol. The van der Waals surface area contributed by atoms with Gasteiger partial charge in [-0.2, -0.15) is 0 Å². The molecule has 2 N–H and O–H groups in total. The fourth-order valence-electron chi connectivity index (χ4n) is 3.06. The van der Waals surface area contributed by atoms with Crippen molar-refractivity contribution in [3.05, 3.63) is 84.4 Å². The predicted octanol–water partition coefficient (Wildman–Crippen LogP) is 5.15. The number of amides is 1. The smallest absolute Gasteiger partial charge is 0.243 e. The molecule has 0 aliphatic rings. The highest BCUT2D eigenvalue weighted by Crippen LogP contribution is 2.25. The van der Waals surface area contributed by atoms with E-state index in [1.165, 1.54) is 5.56 Å². The molecule has 3 aromatic carbocycles. The fourth-order valence-corrected chi connectivity index (χ4v) is 3.06. The third-order valence-electron chi connectivity index (χ3n) is 4.50. The first-order chi connectivity index (χ1) is 14.8. The van der Waals surface area contributed by atoms with E-state index in [1.807, 2.05) is 73.7 Å². The van der Waals surface area contributed by atoms with E-state index >= 15 is 0 Å². The largest absolute Gasteiger partial charge is 0.492 e. The van der Waals surface area contributed by atoms with Gasteiger partial charge in [-0.25, -0.2) is 0 Å². The van der Waals surface area contributed by atoms with Gasteiger partial charge in [0.2, 0.25) is 5.91 Å². The van der Waals surface area contributed by atoms with Crippen molar-refractivity contribution in [3.8, 4) is 11.5 Å². The zero-order chi connectivity index (χ0) is 21.0. The number of anilines is 2. The summed E-state index contributed by atoms with van der Waals surface area (Å²) in [5.41, 5.74) is 2.76. The molecule has 3 rings (SSSR count). The van der Waals surface area contributed by atoms with Crippen LogP contribution in [-0.2, 0) is 11.2 Å². The number of carbonyl (C=O) groups excluding carboxylic acids is 1. The minimum absolute atomic E-state index is 0.130. The van der Waals surface area contributed by atoms with Crippen molar-refractivity contribution in [2.24, 2.45) is 0 Å². The lowest BCUT2D eigenvalue weighted by Crippen LogP contribution is -2.22. The quantitative estimate of drug-likeness (QED) is 0.434. The number of hydrogen-bond donors (Lipinski definition) is 2. The van der Waals surface area contributed by atoms with Gasteiger partial charge in [-0.15, -0.1) is 0 Å². The fraction of sp³-hybridized carbons (Fsp3) is 0.240. The molecule has 3 aromatic rings. The van der Waals surface area contributed by atoms with E-state index in [1.54, 1.807) is 0 Å². The van der Waals surface area contributed by atoms with Crippen molar-refractivity contribution < 1.29 is 14.3 Å². The summed E-state index contributed by atoms with van der Waals surface area (Å²) in [6.07, 6.45) is 1.89. The summed E-state index contributed by atoms with van der Waals surface area (Å²) in [7, 11) is 0. The highest BCUT2D eigenvalue weighted by Gasteiger charge is 2.09. The zero-order valence-electron chi connectivity index (χ0n) is 17.3. The molecule has 0 bridgehead atoms. The molecular formula is C25H28N2O3. The first-order valence-electron chi connectivity index (χ1n) is 10.3. The molecule has 0 spiro atoms. The summed E-state index contributed by atoms with van der Waals surface area (Å²) >= 11 is 0. The molecule has 5 nitrogen and oxygen atoms in total. The van der Waals surface area contributed by atoms with Crippen LogP contribution in [0.25, 0.3) is 0 Å². The third kappa shape index (κ3) is 6.55. The Morgan fingerprint density at radius 2 is 1.43 bits per heavy atom. The molecule has 0 saturated heterocycles. The topological polar surface area (TPSA) is 59.6 Å². The normalized spacial score (nSPS) is 10.3. The molecule has 0 heterocycles. The van der Waals surface area contributed by atoms with Crippen molar-refractivity contribution in [3.63, 3.8) is 0 Å². The number of hydrogen-bond acceptors (Lipinski definition) is 4. The van der Waals surface area contributed by atoms with Crippen LogP contribution in [0.2, 0.25) is 0 Å². The summed E-state index contributed by atoms with van der Waals surface area (Å²) < 4.78 is 11.5. The number of aryl methyl sites for hydroxylation is 1. The van der Waals surface area contributed by atoms with E-state index in [2.05, 4.69) is 22.8 Å². The molecule has 0 unspecified atom stereocenters. The Balaban J connectivity index is 1.49. The maximum absolute atomic E-state index is 12.4. The standard InChI is InChI=1S/C25H28N2O3/c1-2-29-24-17-9-7-15-22(24)27-25(28)19-26-21-14-6-8-16-23(21)30-18-10-13-20-11-4-3-5-12-20/h3-9,11-12,14-17,26H,2,10,13,18-19H2,1H3,(H,27,28). The van der Waals surface area contributed by atoms with Crippen molar-refractivity contribution in [1.82, 2.24) is 0 Å². The Kier molecular flexibility index (Phi) is 8.15. The Bertz CT molecular complexity index is 928. The monoisotopic (exact) mass is 404 g/mol. The minimum atomic E-state index is -0.152. The third-order valence-corrected chi connectivity index (χ3v) is 4.50. The number of benzene rings is 3. The minimum Gasteiger partial charge on any atom is -0.492 e. The highest BCUT2D eigenvalue weighted by atomic mass is 16.5. The zero-order valence-corrected chi connectivity index (χ0v) is 17.3. The van der Waals surface area contributed by atoms with Crippen LogP contribution < -0.4 is 20.1 Å². The lowest BCUT2D eigenvalue weighted by Gasteiger charge is -2.14. The van der Waals surface area contributed by atoms with Gasteiger partial charge in [0.15, 0.2) is 0 Å². The summed E-state index contributed by atoms with van der Waals surface area (Å²) in [6, 6.07) is 25.4. The number of nitrogens with one attached hydrogen (secondary N) is 2. The van der Waals surface area contributed by atoms with Crippen LogP contribution >= 0.6 is 0 Å². The SMILES string of the molecule is CCOc1ccccc1NC(=O)CNc1ccccc1OCCCc1ccccc1. The molecule has 0 radical (unpaired) electrons. The van der Waals surface area contributed by atoms with Crippen LogP contribution in [0.5, 0.6) is 11.5 Å². The average molecular weight is 405 g/mol.